The molecule has 4 rings (SSSR count). The lowest BCUT2D eigenvalue weighted by molar-refractivity contribution is -0.120. The van der Waals surface area contributed by atoms with E-state index < -0.39 is 0 Å². The van der Waals surface area contributed by atoms with E-state index in [0.29, 0.717) is 23.6 Å². The van der Waals surface area contributed by atoms with Gasteiger partial charge in [0.2, 0.25) is 5.91 Å². The molecule has 1 amide bonds. The Morgan fingerprint density at radius 1 is 1.07 bits per heavy atom. The zero-order valence-electron chi connectivity index (χ0n) is 16.2. The van der Waals surface area contributed by atoms with Gasteiger partial charge < -0.3 is 10.2 Å². The molecule has 29 heavy (non-hydrogen) atoms. The second kappa shape index (κ2) is 8.22. The lowest BCUT2D eigenvalue weighted by Crippen LogP contribution is -2.41. The number of rotatable bonds is 5. The van der Waals surface area contributed by atoms with Crippen LogP contribution in [0.1, 0.15) is 30.1 Å². The molecule has 2 aromatic heterocycles. The highest BCUT2D eigenvalue weighted by Crippen LogP contribution is 2.23. The molecule has 1 aromatic carbocycles. The lowest BCUT2D eigenvalue weighted by Gasteiger charge is -2.32. The molecule has 1 aliphatic heterocycles. The number of carbonyl (C=O) groups excluding carboxylic acids is 2. The zero-order valence-corrected chi connectivity index (χ0v) is 16.2. The molecule has 1 N–H and O–H groups in total. The molecule has 0 spiro atoms. The summed E-state index contributed by atoms with van der Waals surface area (Å²) in [5.74, 6) is 1.31. The Hall–Kier alpha value is -3.55. The number of hydrogen-bond acceptors (Lipinski definition) is 6. The summed E-state index contributed by atoms with van der Waals surface area (Å²) in [6, 6.07) is 10.8. The van der Waals surface area contributed by atoms with Crippen molar-refractivity contribution in [3.05, 3.63) is 60.7 Å². The third kappa shape index (κ3) is 4.31. The second-order valence-electron chi connectivity index (χ2n) is 7.13. The SMILES string of the molecule is CC(=O)c1ccc(NC(=O)C2CCCN(c3ccc(-n4ccnc4)nn3)C2)cc1. The number of aromatic nitrogens is 4. The lowest BCUT2D eigenvalue weighted by atomic mass is 9.97. The molecule has 148 valence electrons. The number of piperidine rings is 1. The van der Waals surface area contributed by atoms with Gasteiger partial charge in [-0.05, 0) is 56.2 Å². The predicted octanol–water partition coefficient (Wildman–Crippen LogP) is 2.72. The molecule has 1 saturated heterocycles. The molecule has 8 nitrogen and oxygen atoms in total. The Morgan fingerprint density at radius 2 is 1.83 bits per heavy atom. The van der Waals surface area contributed by atoms with Crippen molar-refractivity contribution in [1.82, 2.24) is 19.7 Å². The molecule has 1 aliphatic rings. The van der Waals surface area contributed by atoms with E-state index in [9.17, 15) is 9.59 Å². The Balaban J connectivity index is 1.39. The molecule has 0 radical (unpaired) electrons. The summed E-state index contributed by atoms with van der Waals surface area (Å²) in [5, 5.41) is 11.5. The normalized spacial score (nSPS) is 16.4. The third-order valence-electron chi connectivity index (χ3n) is 5.08. The maximum absolute atomic E-state index is 12.7. The molecule has 3 heterocycles. The fourth-order valence-corrected chi connectivity index (χ4v) is 3.45. The molecule has 8 heteroatoms. The minimum Gasteiger partial charge on any atom is -0.354 e. The fraction of sp³-hybridized carbons (Fsp3) is 0.286. The third-order valence-corrected chi connectivity index (χ3v) is 5.08. The van der Waals surface area contributed by atoms with Crippen LogP contribution in [-0.2, 0) is 4.79 Å². The van der Waals surface area contributed by atoms with Crippen molar-refractivity contribution in [2.45, 2.75) is 19.8 Å². The highest BCUT2D eigenvalue weighted by Gasteiger charge is 2.27. The van der Waals surface area contributed by atoms with Gasteiger partial charge in [-0.25, -0.2) is 4.98 Å². The van der Waals surface area contributed by atoms with E-state index in [4.69, 9.17) is 0 Å². The summed E-state index contributed by atoms with van der Waals surface area (Å²) >= 11 is 0. The van der Waals surface area contributed by atoms with Crippen LogP contribution in [0.3, 0.4) is 0 Å². The van der Waals surface area contributed by atoms with Crippen LogP contribution in [0.25, 0.3) is 5.82 Å². The number of imidazole rings is 1. The minimum absolute atomic E-state index is 0.00552. The van der Waals surface area contributed by atoms with Gasteiger partial charge in [0.05, 0.1) is 5.92 Å². The first-order chi connectivity index (χ1) is 14.1. The Kier molecular flexibility index (Phi) is 5.33. The summed E-state index contributed by atoms with van der Waals surface area (Å²) in [6.07, 6.45) is 6.92. The first-order valence-electron chi connectivity index (χ1n) is 9.59. The van der Waals surface area contributed by atoms with Gasteiger partial charge in [-0.3, -0.25) is 14.2 Å². The number of benzene rings is 1. The number of ketones is 1. The van der Waals surface area contributed by atoms with Crippen LogP contribution in [0.4, 0.5) is 11.5 Å². The van der Waals surface area contributed by atoms with Crippen LogP contribution in [0.2, 0.25) is 0 Å². The predicted molar refractivity (Wildman–Crippen MR) is 109 cm³/mol. The van der Waals surface area contributed by atoms with Gasteiger partial charge in [0.25, 0.3) is 0 Å². The van der Waals surface area contributed by atoms with Crippen molar-refractivity contribution in [2.24, 2.45) is 5.92 Å². The van der Waals surface area contributed by atoms with E-state index in [-0.39, 0.29) is 17.6 Å². The minimum atomic E-state index is -0.133. The number of anilines is 2. The molecular formula is C21H22N6O2. The quantitative estimate of drug-likeness (QED) is 0.674. The van der Waals surface area contributed by atoms with Gasteiger partial charge in [-0.1, -0.05) is 0 Å². The largest absolute Gasteiger partial charge is 0.354 e. The van der Waals surface area contributed by atoms with Crippen LogP contribution in [0, 0.1) is 5.92 Å². The van der Waals surface area contributed by atoms with Crippen molar-refractivity contribution in [1.29, 1.82) is 0 Å². The number of carbonyl (C=O) groups is 2. The van der Waals surface area contributed by atoms with Crippen LogP contribution in [-0.4, -0.2) is 44.5 Å². The Labute approximate surface area is 168 Å². The first-order valence-corrected chi connectivity index (χ1v) is 9.59. The smallest absolute Gasteiger partial charge is 0.229 e. The molecular weight excluding hydrogens is 368 g/mol. The number of hydrogen-bond donors (Lipinski definition) is 1. The summed E-state index contributed by atoms with van der Waals surface area (Å²) in [6.45, 7) is 2.96. The standard InChI is InChI=1S/C21H22N6O2/c1-15(28)16-4-6-18(7-5-16)23-21(29)17-3-2-11-26(13-17)19-8-9-20(25-24-19)27-12-10-22-14-27/h4-10,12,14,17H,2-3,11,13H2,1H3,(H,23,29). The Morgan fingerprint density at radius 3 is 2.48 bits per heavy atom. The van der Waals surface area contributed by atoms with Gasteiger partial charge in [-0.15, -0.1) is 10.2 Å². The maximum atomic E-state index is 12.7. The monoisotopic (exact) mass is 390 g/mol. The van der Waals surface area contributed by atoms with Gasteiger partial charge >= 0.3 is 0 Å². The summed E-state index contributed by atoms with van der Waals surface area (Å²) in [4.78, 5) is 30.2. The molecule has 0 aliphatic carbocycles. The second-order valence-corrected chi connectivity index (χ2v) is 7.13. The molecule has 1 fully saturated rings. The average molecular weight is 390 g/mol. The highest BCUT2D eigenvalue weighted by atomic mass is 16.2. The van der Waals surface area contributed by atoms with Crippen molar-refractivity contribution in [3.8, 4) is 5.82 Å². The van der Waals surface area contributed by atoms with Crippen molar-refractivity contribution in [2.75, 3.05) is 23.3 Å². The van der Waals surface area contributed by atoms with Gasteiger partial charge in [0, 0.05) is 36.7 Å². The fourth-order valence-electron chi connectivity index (χ4n) is 3.45. The van der Waals surface area contributed by atoms with Crippen LogP contribution in [0.15, 0.2) is 55.1 Å². The molecule has 0 saturated carbocycles. The molecule has 3 aromatic rings. The first kappa shape index (κ1) is 18.8. The topological polar surface area (TPSA) is 93.0 Å². The summed E-state index contributed by atoms with van der Waals surface area (Å²) in [5.41, 5.74) is 1.33. The van der Waals surface area contributed by atoms with E-state index in [0.717, 1.165) is 25.2 Å². The average Bonchev–Trinajstić information content (AvgIpc) is 3.29. The summed E-state index contributed by atoms with van der Waals surface area (Å²) in [7, 11) is 0. The van der Waals surface area contributed by atoms with E-state index >= 15 is 0 Å². The maximum Gasteiger partial charge on any atom is 0.229 e. The number of amides is 1. The van der Waals surface area contributed by atoms with E-state index in [1.54, 1.807) is 41.4 Å². The van der Waals surface area contributed by atoms with Gasteiger partial charge in [0.15, 0.2) is 17.4 Å². The van der Waals surface area contributed by atoms with Crippen molar-refractivity contribution in [3.63, 3.8) is 0 Å². The van der Waals surface area contributed by atoms with Crippen molar-refractivity contribution < 1.29 is 9.59 Å². The Bertz CT molecular complexity index is 983. The van der Waals surface area contributed by atoms with Crippen LogP contribution in [0.5, 0.6) is 0 Å². The van der Waals surface area contributed by atoms with E-state index in [2.05, 4.69) is 25.4 Å². The highest BCUT2D eigenvalue weighted by molar-refractivity contribution is 5.96. The van der Waals surface area contributed by atoms with E-state index in [1.807, 2.05) is 18.3 Å². The molecule has 1 atom stereocenters. The van der Waals surface area contributed by atoms with Crippen LogP contribution >= 0.6 is 0 Å². The zero-order chi connectivity index (χ0) is 20.2. The van der Waals surface area contributed by atoms with Crippen molar-refractivity contribution >= 4 is 23.2 Å². The summed E-state index contributed by atoms with van der Waals surface area (Å²) < 4.78 is 1.79. The van der Waals surface area contributed by atoms with Gasteiger partial charge in [-0.2, -0.15) is 0 Å². The number of nitrogens with zero attached hydrogens (tertiary/aromatic N) is 5. The molecule has 0 bridgehead atoms. The number of Topliss-reactive ketones (excluding diaryl/α,β-unsaturated/α-hetero) is 1. The van der Waals surface area contributed by atoms with Gasteiger partial charge in [0.1, 0.15) is 6.33 Å². The van der Waals surface area contributed by atoms with Crippen LogP contribution < -0.4 is 10.2 Å². The number of nitrogens with one attached hydrogen (secondary N) is 1. The molecule has 1 unspecified atom stereocenters. The van der Waals surface area contributed by atoms with E-state index in [1.165, 1.54) is 6.92 Å².